The number of amides is 1. The summed E-state index contributed by atoms with van der Waals surface area (Å²) in [4.78, 5) is 14.0. The smallest absolute Gasteiger partial charge is 0.258 e. The monoisotopic (exact) mass is 221 g/mol. The van der Waals surface area contributed by atoms with Gasteiger partial charge in [0.15, 0.2) is 0 Å². The summed E-state index contributed by atoms with van der Waals surface area (Å²) in [6.07, 6.45) is 4.16. The number of carbonyl (C=O) groups excluding carboxylic acids is 1. The van der Waals surface area contributed by atoms with Crippen LogP contribution in [0.25, 0.3) is 0 Å². The minimum Gasteiger partial charge on any atom is -0.364 e. The highest BCUT2D eigenvalue weighted by Gasteiger charge is 2.33. The first kappa shape index (κ1) is 9.84. The molecule has 1 aromatic heterocycles. The van der Waals surface area contributed by atoms with Crippen molar-refractivity contribution >= 4 is 5.91 Å². The highest BCUT2D eigenvalue weighted by atomic mass is 16.5. The van der Waals surface area contributed by atoms with Crippen LogP contribution < -0.4 is 5.32 Å². The molecule has 2 atom stereocenters. The van der Waals surface area contributed by atoms with Crippen LogP contribution in [0, 0.1) is 11.8 Å². The Morgan fingerprint density at radius 1 is 1.44 bits per heavy atom. The Kier molecular flexibility index (Phi) is 2.40. The molecule has 0 saturated carbocycles. The maximum absolute atomic E-state index is 12.1. The molecule has 0 aromatic carbocycles. The Morgan fingerprint density at radius 3 is 2.81 bits per heavy atom. The van der Waals surface area contributed by atoms with Gasteiger partial charge in [0, 0.05) is 13.1 Å². The van der Waals surface area contributed by atoms with Gasteiger partial charge in [-0.25, -0.2) is 0 Å². The maximum Gasteiger partial charge on any atom is 0.258 e. The lowest BCUT2D eigenvalue weighted by Crippen LogP contribution is -2.52. The van der Waals surface area contributed by atoms with Crippen molar-refractivity contribution in [2.75, 3.05) is 26.2 Å². The van der Waals surface area contributed by atoms with Crippen molar-refractivity contribution in [3.8, 4) is 0 Å². The van der Waals surface area contributed by atoms with Crippen LogP contribution in [0.5, 0.6) is 0 Å². The molecule has 2 unspecified atom stereocenters. The van der Waals surface area contributed by atoms with Gasteiger partial charge < -0.3 is 14.7 Å². The second-order valence-electron chi connectivity index (χ2n) is 4.75. The van der Waals surface area contributed by atoms with E-state index >= 15 is 0 Å². The molecular formula is C11H15N3O2. The van der Waals surface area contributed by atoms with Crippen molar-refractivity contribution in [2.24, 2.45) is 11.8 Å². The van der Waals surface area contributed by atoms with Gasteiger partial charge in [-0.1, -0.05) is 5.16 Å². The van der Waals surface area contributed by atoms with Crippen molar-refractivity contribution in [1.29, 1.82) is 0 Å². The van der Waals surface area contributed by atoms with Crippen LogP contribution in [-0.2, 0) is 0 Å². The van der Waals surface area contributed by atoms with Crippen LogP contribution in [0.3, 0.4) is 0 Å². The number of fused-ring (bicyclic) bond motifs is 2. The van der Waals surface area contributed by atoms with Gasteiger partial charge in [-0.05, 0) is 31.3 Å². The average molecular weight is 221 g/mol. The molecule has 2 aliphatic rings. The average Bonchev–Trinajstić information content (AvgIpc) is 2.81. The minimum atomic E-state index is 0.0536. The Balaban J connectivity index is 1.73. The molecule has 2 fully saturated rings. The third kappa shape index (κ3) is 1.71. The van der Waals surface area contributed by atoms with Gasteiger partial charge in [0.2, 0.25) is 0 Å². The zero-order chi connectivity index (χ0) is 11.0. The van der Waals surface area contributed by atoms with Crippen molar-refractivity contribution in [2.45, 2.75) is 6.42 Å². The molecule has 5 heteroatoms. The Bertz CT molecular complexity index is 365. The first-order chi connectivity index (χ1) is 7.83. The van der Waals surface area contributed by atoms with E-state index in [0.717, 1.165) is 26.2 Å². The first-order valence-corrected chi connectivity index (χ1v) is 5.72. The first-order valence-electron chi connectivity index (χ1n) is 5.72. The number of hydrogen-bond donors (Lipinski definition) is 1. The fourth-order valence-corrected chi connectivity index (χ4v) is 2.76. The summed E-state index contributed by atoms with van der Waals surface area (Å²) in [5.41, 5.74) is 0.563. The van der Waals surface area contributed by atoms with E-state index in [1.54, 1.807) is 0 Å². The van der Waals surface area contributed by atoms with Crippen LogP contribution in [-0.4, -0.2) is 42.1 Å². The Morgan fingerprint density at radius 2 is 2.19 bits per heavy atom. The zero-order valence-electron chi connectivity index (χ0n) is 9.06. The van der Waals surface area contributed by atoms with E-state index in [0.29, 0.717) is 17.4 Å². The number of nitrogens with one attached hydrogen (secondary N) is 1. The van der Waals surface area contributed by atoms with E-state index in [4.69, 9.17) is 4.52 Å². The summed E-state index contributed by atoms with van der Waals surface area (Å²) < 4.78 is 4.71. The predicted octanol–water partition coefficient (Wildman–Crippen LogP) is 0.356. The van der Waals surface area contributed by atoms with Gasteiger partial charge in [0.05, 0.1) is 11.8 Å². The molecule has 2 aliphatic heterocycles. The molecule has 86 valence electrons. The third-order valence-electron chi connectivity index (χ3n) is 3.46. The Labute approximate surface area is 93.8 Å². The second kappa shape index (κ2) is 3.90. The molecule has 1 aromatic rings. The number of nitrogens with zero attached hydrogens (tertiary/aromatic N) is 2. The lowest BCUT2D eigenvalue weighted by molar-refractivity contribution is 0.0537. The van der Waals surface area contributed by atoms with E-state index in [9.17, 15) is 4.79 Å². The van der Waals surface area contributed by atoms with Gasteiger partial charge in [-0.15, -0.1) is 0 Å². The number of hydrogen-bond acceptors (Lipinski definition) is 4. The van der Waals surface area contributed by atoms with Crippen LogP contribution >= 0.6 is 0 Å². The highest BCUT2D eigenvalue weighted by molar-refractivity contribution is 5.93. The van der Waals surface area contributed by atoms with Crippen molar-refractivity contribution in [3.63, 3.8) is 0 Å². The largest absolute Gasteiger partial charge is 0.364 e. The van der Waals surface area contributed by atoms with Gasteiger partial charge in [-0.3, -0.25) is 4.79 Å². The lowest BCUT2D eigenvalue weighted by Gasteiger charge is -2.41. The standard InChI is InChI=1S/C11H15N3O2/c15-11(10-4-13-16-7-10)14-5-8-1-9(6-14)3-12-2-8/h4,7-9,12H,1-3,5-6H2. The minimum absolute atomic E-state index is 0.0536. The summed E-state index contributed by atoms with van der Waals surface area (Å²) in [6, 6.07) is 0. The topological polar surface area (TPSA) is 58.4 Å². The number of likely N-dealkylation sites (tertiary alicyclic amines) is 1. The quantitative estimate of drug-likeness (QED) is 0.743. The number of aromatic nitrogens is 1. The molecule has 5 nitrogen and oxygen atoms in total. The van der Waals surface area contributed by atoms with E-state index < -0.39 is 0 Å². The SMILES string of the molecule is O=C(c1cnoc1)N1CC2CNCC(C2)C1. The van der Waals surface area contributed by atoms with E-state index in [1.165, 1.54) is 18.9 Å². The Hall–Kier alpha value is -1.36. The fraction of sp³-hybridized carbons (Fsp3) is 0.636. The van der Waals surface area contributed by atoms with Crippen LogP contribution in [0.2, 0.25) is 0 Å². The number of carbonyl (C=O) groups is 1. The molecular weight excluding hydrogens is 206 g/mol. The summed E-state index contributed by atoms with van der Waals surface area (Å²) in [6.45, 7) is 3.77. The zero-order valence-corrected chi connectivity index (χ0v) is 9.06. The van der Waals surface area contributed by atoms with Gasteiger partial charge in [0.25, 0.3) is 5.91 Å². The van der Waals surface area contributed by atoms with E-state index in [-0.39, 0.29) is 5.91 Å². The van der Waals surface area contributed by atoms with E-state index in [2.05, 4.69) is 10.5 Å². The molecule has 0 spiro atoms. The summed E-state index contributed by atoms with van der Waals surface area (Å²) in [7, 11) is 0. The molecule has 2 saturated heterocycles. The van der Waals surface area contributed by atoms with Gasteiger partial charge in [-0.2, -0.15) is 0 Å². The summed E-state index contributed by atoms with van der Waals surface area (Å²) in [5, 5.41) is 6.99. The van der Waals surface area contributed by atoms with Crippen molar-refractivity contribution in [3.05, 3.63) is 18.0 Å². The number of rotatable bonds is 1. The van der Waals surface area contributed by atoms with E-state index in [1.807, 2.05) is 4.90 Å². The summed E-state index contributed by atoms with van der Waals surface area (Å²) >= 11 is 0. The normalized spacial score (nSPS) is 29.1. The molecule has 3 heterocycles. The molecule has 1 N–H and O–H groups in total. The van der Waals surface area contributed by atoms with Crippen molar-refractivity contribution < 1.29 is 9.32 Å². The lowest BCUT2D eigenvalue weighted by atomic mass is 9.85. The number of piperidine rings is 2. The molecule has 0 aliphatic carbocycles. The highest BCUT2D eigenvalue weighted by Crippen LogP contribution is 2.25. The maximum atomic E-state index is 12.1. The third-order valence-corrected chi connectivity index (χ3v) is 3.46. The van der Waals surface area contributed by atoms with Gasteiger partial charge in [0.1, 0.15) is 6.26 Å². The molecule has 2 bridgehead atoms. The van der Waals surface area contributed by atoms with Gasteiger partial charge >= 0.3 is 0 Å². The second-order valence-corrected chi connectivity index (χ2v) is 4.75. The molecule has 1 amide bonds. The van der Waals surface area contributed by atoms with Crippen molar-refractivity contribution in [1.82, 2.24) is 15.4 Å². The summed E-state index contributed by atoms with van der Waals surface area (Å²) in [5.74, 6) is 1.27. The predicted molar refractivity (Wildman–Crippen MR) is 56.9 cm³/mol. The molecule has 16 heavy (non-hydrogen) atoms. The van der Waals surface area contributed by atoms with Crippen LogP contribution in [0.4, 0.5) is 0 Å². The fourth-order valence-electron chi connectivity index (χ4n) is 2.76. The molecule has 0 radical (unpaired) electrons. The van der Waals surface area contributed by atoms with Crippen LogP contribution in [0.15, 0.2) is 17.0 Å². The molecule has 3 rings (SSSR count). The van der Waals surface area contributed by atoms with Crippen LogP contribution in [0.1, 0.15) is 16.8 Å².